The summed E-state index contributed by atoms with van der Waals surface area (Å²) in [5, 5.41) is 30.9. The zero-order chi connectivity index (χ0) is 25.7. The van der Waals surface area contributed by atoms with Crippen LogP contribution in [0.3, 0.4) is 0 Å². The molecule has 0 aliphatic rings. The molecule has 1 atom stereocenters. The lowest BCUT2D eigenvalue weighted by Gasteiger charge is -2.15. The molecular formula is C25H26N4O6S. The third-order valence-corrected chi connectivity index (χ3v) is 6.90. The molecule has 0 saturated heterocycles. The molecule has 0 bridgehead atoms. The van der Waals surface area contributed by atoms with Crippen LogP contribution in [0.4, 0.5) is 5.69 Å². The smallest absolute Gasteiger partial charge is 0.335 e. The number of rotatable bonds is 11. The van der Waals surface area contributed by atoms with Crippen molar-refractivity contribution in [1.82, 2.24) is 15.5 Å². The van der Waals surface area contributed by atoms with Crippen molar-refractivity contribution in [2.75, 3.05) is 24.4 Å². The summed E-state index contributed by atoms with van der Waals surface area (Å²) < 4.78 is 33.6. The normalized spacial score (nSPS) is 12.4. The van der Waals surface area contributed by atoms with E-state index in [2.05, 4.69) is 20.2 Å². The number of carbonyl (C=O) groups is 1. The fourth-order valence-corrected chi connectivity index (χ4v) is 4.74. The molecule has 0 amide bonds. The predicted octanol–water partition coefficient (Wildman–Crippen LogP) is 3.07. The Morgan fingerprint density at radius 3 is 2.72 bits per heavy atom. The van der Waals surface area contributed by atoms with E-state index < -0.39 is 22.1 Å². The first-order valence-electron chi connectivity index (χ1n) is 11.2. The number of sulfonamides is 1. The highest BCUT2D eigenvalue weighted by Gasteiger charge is 2.17. The van der Waals surface area contributed by atoms with Crippen LogP contribution < -0.4 is 14.8 Å². The van der Waals surface area contributed by atoms with Crippen LogP contribution in [0.2, 0.25) is 0 Å². The second-order valence-electron chi connectivity index (χ2n) is 8.15. The quantitative estimate of drug-likeness (QED) is 0.193. The first-order chi connectivity index (χ1) is 17.2. The van der Waals surface area contributed by atoms with Gasteiger partial charge in [0.25, 0.3) is 10.0 Å². The first kappa shape index (κ1) is 25.2. The number of aryl methyl sites for hydroxylation is 1. The molecular weight excluding hydrogens is 484 g/mol. The van der Waals surface area contributed by atoms with Crippen molar-refractivity contribution in [3.63, 3.8) is 0 Å². The van der Waals surface area contributed by atoms with Crippen LogP contribution in [0.1, 0.15) is 27.7 Å². The number of benzene rings is 3. The van der Waals surface area contributed by atoms with Crippen molar-refractivity contribution in [3.8, 4) is 5.75 Å². The van der Waals surface area contributed by atoms with E-state index in [9.17, 15) is 18.3 Å². The molecule has 1 aromatic heterocycles. The predicted molar refractivity (Wildman–Crippen MR) is 135 cm³/mol. The maximum absolute atomic E-state index is 12.7. The van der Waals surface area contributed by atoms with Crippen LogP contribution in [-0.2, 0) is 10.0 Å². The molecule has 11 heteroatoms. The minimum absolute atomic E-state index is 0.131. The summed E-state index contributed by atoms with van der Waals surface area (Å²) in [4.78, 5) is 11.0. The first-order valence-corrected chi connectivity index (χ1v) is 12.6. The van der Waals surface area contributed by atoms with Crippen molar-refractivity contribution in [3.05, 3.63) is 83.6 Å². The van der Waals surface area contributed by atoms with E-state index in [-0.39, 0.29) is 22.7 Å². The maximum atomic E-state index is 12.7. The van der Waals surface area contributed by atoms with Gasteiger partial charge in [0.2, 0.25) is 0 Å². The van der Waals surface area contributed by atoms with E-state index in [0.717, 1.165) is 22.7 Å². The highest BCUT2D eigenvalue weighted by Crippen LogP contribution is 2.22. The number of aromatic amines is 1. The molecule has 0 aliphatic carbocycles. The van der Waals surface area contributed by atoms with Gasteiger partial charge in [0.1, 0.15) is 12.4 Å². The van der Waals surface area contributed by atoms with E-state index in [1.165, 1.54) is 24.3 Å². The van der Waals surface area contributed by atoms with E-state index >= 15 is 0 Å². The fourth-order valence-electron chi connectivity index (χ4n) is 3.64. The van der Waals surface area contributed by atoms with Gasteiger partial charge in [0.15, 0.2) is 0 Å². The number of aromatic nitrogens is 2. The number of carboxylic acids is 1. The zero-order valence-electron chi connectivity index (χ0n) is 19.4. The molecule has 0 fully saturated rings. The number of hydrogen-bond acceptors (Lipinski definition) is 7. The molecule has 36 heavy (non-hydrogen) atoms. The molecule has 188 valence electrons. The Morgan fingerprint density at radius 1 is 1.11 bits per heavy atom. The average Bonchev–Trinajstić information content (AvgIpc) is 3.23. The molecule has 0 saturated carbocycles. The number of nitrogens with zero attached hydrogens (tertiary/aromatic N) is 1. The van der Waals surface area contributed by atoms with Gasteiger partial charge >= 0.3 is 5.97 Å². The number of fused-ring (bicyclic) bond motifs is 1. The summed E-state index contributed by atoms with van der Waals surface area (Å²) >= 11 is 0. The Kier molecular flexibility index (Phi) is 7.53. The number of aliphatic hydroxyl groups excluding tert-OH is 1. The van der Waals surface area contributed by atoms with Crippen LogP contribution >= 0.6 is 0 Å². The second kappa shape index (κ2) is 10.8. The van der Waals surface area contributed by atoms with Gasteiger partial charge < -0.3 is 20.3 Å². The van der Waals surface area contributed by atoms with Crippen LogP contribution in [0.25, 0.3) is 10.9 Å². The van der Waals surface area contributed by atoms with Gasteiger partial charge in [-0.15, -0.1) is 0 Å². The number of anilines is 1. The lowest BCUT2D eigenvalue weighted by atomic mass is 10.1. The van der Waals surface area contributed by atoms with E-state index in [4.69, 9.17) is 9.84 Å². The Bertz CT molecular complexity index is 1480. The van der Waals surface area contributed by atoms with Crippen molar-refractivity contribution in [1.29, 1.82) is 0 Å². The van der Waals surface area contributed by atoms with Gasteiger partial charge in [0, 0.05) is 30.2 Å². The van der Waals surface area contributed by atoms with Gasteiger partial charge in [0.05, 0.1) is 27.8 Å². The minimum Gasteiger partial charge on any atom is -0.492 e. The summed E-state index contributed by atoms with van der Waals surface area (Å²) in [5.41, 5.74) is 2.46. The monoisotopic (exact) mass is 510 g/mol. The summed E-state index contributed by atoms with van der Waals surface area (Å²) in [6.07, 6.45) is -0.880. The Labute approximate surface area is 208 Å². The lowest BCUT2D eigenvalue weighted by Crippen LogP contribution is -2.26. The number of carboxylic acid groups (broad SMARTS) is 1. The molecule has 4 rings (SSSR count). The van der Waals surface area contributed by atoms with Crippen molar-refractivity contribution in [2.45, 2.75) is 17.9 Å². The molecule has 10 nitrogen and oxygen atoms in total. The number of ether oxygens (including phenoxy) is 1. The topological polar surface area (TPSA) is 154 Å². The second-order valence-corrected chi connectivity index (χ2v) is 9.83. The number of aliphatic hydroxyl groups is 1. The van der Waals surface area contributed by atoms with E-state index in [1.54, 1.807) is 18.2 Å². The van der Waals surface area contributed by atoms with Crippen LogP contribution in [0, 0.1) is 6.92 Å². The minimum atomic E-state index is -4.01. The zero-order valence-corrected chi connectivity index (χ0v) is 20.2. The van der Waals surface area contributed by atoms with Crippen molar-refractivity contribution >= 4 is 32.6 Å². The Morgan fingerprint density at radius 2 is 1.92 bits per heavy atom. The molecule has 1 heterocycles. The Hall–Kier alpha value is -3.93. The summed E-state index contributed by atoms with van der Waals surface area (Å²) in [6, 6.07) is 17.2. The van der Waals surface area contributed by atoms with E-state index in [1.807, 2.05) is 25.1 Å². The van der Waals surface area contributed by atoms with Gasteiger partial charge in [-0.2, -0.15) is 5.10 Å². The van der Waals surface area contributed by atoms with Crippen LogP contribution in [0.5, 0.6) is 5.75 Å². The summed E-state index contributed by atoms with van der Waals surface area (Å²) in [5.74, 6) is -0.508. The lowest BCUT2D eigenvalue weighted by molar-refractivity contribution is 0.0696. The highest BCUT2D eigenvalue weighted by molar-refractivity contribution is 7.92. The SMILES string of the molecule is Cc1n[nH]c2cc(OCCNC[C@H](O)c3cccc(NS(=O)(=O)c4cccc(C(=O)O)c4)c3)ccc12. The summed E-state index contributed by atoms with van der Waals surface area (Å²) in [7, 11) is -4.01. The largest absolute Gasteiger partial charge is 0.492 e. The van der Waals surface area contributed by atoms with Crippen LogP contribution in [0.15, 0.2) is 71.6 Å². The molecule has 0 radical (unpaired) electrons. The van der Waals surface area contributed by atoms with Gasteiger partial charge in [-0.05, 0) is 55.0 Å². The number of H-pyrrole nitrogens is 1. The molecule has 4 aromatic rings. The summed E-state index contributed by atoms with van der Waals surface area (Å²) in [6.45, 7) is 3.04. The highest BCUT2D eigenvalue weighted by atomic mass is 32.2. The van der Waals surface area contributed by atoms with Gasteiger partial charge in [-0.1, -0.05) is 18.2 Å². The fraction of sp³-hybridized carbons (Fsp3) is 0.200. The number of hydrogen-bond donors (Lipinski definition) is 5. The average molecular weight is 511 g/mol. The third-order valence-electron chi connectivity index (χ3n) is 5.53. The standard InChI is InChI=1S/C25H26N4O6S/c1-16-22-9-8-20(14-23(22)28-27-16)35-11-10-26-15-24(30)17-4-2-6-19(12-17)29-36(33,34)21-7-3-5-18(13-21)25(31)32/h2-9,12-14,24,26,29-30H,10-11,15H2,1H3,(H,27,28)(H,31,32)/t24-/m0/s1. The number of aromatic carboxylic acids is 1. The molecule has 3 aromatic carbocycles. The molecule has 0 unspecified atom stereocenters. The molecule has 0 spiro atoms. The molecule has 5 N–H and O–H groups in total. The van der Waals surface area contributed by atoms with Crippen LogP contribution in [-0.4, -0.2) is 54.5 Å². The maximum Gasteiger partial charge on any atom is 0.335 e. The Balaban J connectivity index is 1.29. The number of nitrogens with one attached hydrogen (secondary N) is 3. The van der Waals surface area contributed by atoms with Gasteiger partial charge in [-0.3, -0.25) is 9.82 Å². The van der Waals surface area contributed by atoms with Crippen molar-refractivity contribution < 1.29 is 28.2 Å². The van der Waals surface area contributed by atoms with E-state index in [0.29, 0.717) is 24.5 Å². The molecule has 0 aliphatic heterocycles. The third kappa shape index (κ3) is 6.00. The van der Waals surface area contributed by atoms with Crippen molar-refractivity contribution in [2.24, 2.45) is 0 Å². The van der Waals surface area contributed by atoms with Gasteiger partial charge in [-0.25, -0.2) is 13.2 Å².